The van der Waals surface area contributed by atoms with Crippen molar-refractivity contribution in [3.05, 3.63) is 33.9 Å². The smallest absolute Gasteiger partial charge is 0.0585 e. The summed E-state index contributed by atoms with van der Waals surface area (Å²) in [4.78, 5) is 0. The van der Waals surface area contributed by atoms with E-state index in [9.17, 15) is 0 Å². The standard InChI is InChI=1S/C17H27NO/c1-12-9-13(2)15(4)16(14(12)3)17(10-19-11-17)7-6-8-18-5/h9,18H,6-8,10-11H2,1-5H3. The van der Waals surface area contributed by atoms with Crippen LogP contribution in [-0.4, -0.2) is 26.8 Å². The van der Waals surface area contributed by atoms with Crippen molar-refractivity contribution in [1.29, 1.82) is 0 Å². The van der Waals surface area contributed by atoms with Gasteiger partial charge in [-0.3, -0.25) is 0 Å². The lowest BCUT2D eigenvalue weighted by molar-refractivity contribution is -0.0657. The maximum absolute atomic E-state index is 5.59. The van der Waals surface area contributed by atoms with Gasteiger partial charge in [0.1, 0.15) is 0 Å². The number of ether oxygens (including phenoxy) is 1. The van der Waals surface area contributed by atoms with Gasteiger partial charge in [-0.2, -0.15) is 0 Å². The van der Waals surface area contributed by atoms with Crippen molar-refractivity contribution in [2.24, 2.45) is 0 Å². The van der Waals surface area contributed by atoms with Crippen LogP contribution >= 0.6 is 0 Å². The van der Waals surface area contributed by atoms with Gasteiger partial charge in [-0.15, -0.1) is 0 Å². The first-order valence-corrected chi connectivity index (χ1v) is 7.32. The topological polar surface area (TPSA) is 21.3 Å². The van der Waals surface area contributed by atoms with E-state index < -0.39 is 0 Å². The zero-order valence-corrected chi connectivity index (χ0v) is 13.0. The summed E-state index contributed by atoms with van der Waals surface area (Å²) in [6, 6.07) is 2.31. The Balaban J connectivity index is 2.38. The second-order valence-corrected chi connectivity index (χ2v) is 6.12. The molecule has 0 aromatic heterocycles. The van der Waals surface area contributed by atoms with Gasteiger partial charge in [0.05, 0.1) is 13.2 Å². The van der Waals surface area contributed by atoms with E-state index >= 15 is 0 Å². The molecule has 0 amide bonds. The SMILES string of the molecule is CNCCCC1(c2c(C)c(C)cc(C)c2C)COC1. The van der Waals surface area contributed by atoms with Crippen LogP contribution in [-0.2, 0) is 10.2 Å². The number of nitrogens with one attached hydrogen (secondary N) is 1. The van der Waals surface area contributed by atoms with Gasteiger partial charge >= 0.3 is 0 Å². The van der Waals surface area contributed by atoms with Crippen LogP contribution in [0.4, 0.5) is 0 Å². The predicted molar refractivity (Wildman–Crippen MR) is 81.0 cm³/mol. The van der Waals surface area contributed by atoms with E-state index in [0.717, 1.165) is 19.8 Å². The Hall–Kier alpha value is -0.860. The molecular weight excluding hydrogens is 234 g/mol. The third kappa shape index (κ3) is 2.56. The Morgan fingerprint density at radius 2 is 1.68 bits per heavy atom. The van der Waals surface area contributed by atoms with Gasteiger partial charge in [-0.1, -0.05) is 6.07 Å². The van der Waals surface area contributed by atoms with Crippen LogP contribution in [0.1, 0.15) is 40.7 Å². The van der Waals surface area contributed by atoms with Crippen molar-refractivity contribution in [2.75, 3.05) is 26.8 Å². The quantitative estimate of drug-likeness (QED) is 0.822. The highest BCUT2D eigenvalue weighted by Crippen LogP contribution is 2.41. The van der Waals surface area contributed by atoms with E-state index in [1.54, 1.807) is 5.56 Å². The Labute approximate surface area is 117 Å². The van der Waals surface area contributed by atoms with Gasteiger partial charge in [0.2, 0.25) is 0 Å². The Morgan fingerprint density at radius 1 is 1.11 bits per heavy atom. The number of hydrogen-bond donors (Lipinski definition) is 1. The van der Waals surface area contributed by atoms with E-state index in [1.165, 1.54) is 35.1 Å². The fourth-order valence-electron chi connectivity index (χ4n) is 3.38. The molecule has 19 heavy (non-hydrogen) atoms. The minimum absolute atomic E-state index is 0.266. The van der Waals surface area contributed by atoms with E-state index in [1.807, 2.05) is 7.05 Å². The monoisotopic (exact) mass is 261 g/mol. The summed E-state index contributed by atoms with van der Waals surface area (Å²) < 4.78 is 5.59. The van der Waals surface area contributed by atoms with Crippen molar-refractivity contribution in [3.8, 4) is 0 Å². The molecule has 1 aliphatic heterocycles. The van der Waals surface area contributed by atoms with E-state index in [0.29, 0.717) is 0 Å². The highest BCUT2D eigenvalue weighted by atomic mass is 16.5. The van der Waals surface area contributed by atoms with Gasteiger partial charge in [0.25, 0.3) is 0 Å². The molecule has 0 atom stereocenters. The minimum atomic E-state index is 0.266. The molecule has 0 spiro atoms. The first-order chi connectivity index (χ1) is 9.02. The summed E-state index contributed by atoms with van der Waals surface area (Å²) in [7, 11) is 2.03. The van der Waals surface area contributed by atoms with Crippen molar-refractivity contribution in [3.63, 3.8) is 0 Å². The number of benzene rings is 1. The van der Waals surface area contributed by atoms with Crippen LogP contribution in [0.25, 0.3) is 0 Å². The molecule has 2 nitrogen and oxygen atoms in total. The van der Waals surface area contributed by atoms with Crippen LogP contribution < -0.4 is 5.32 Å². The lowest BCUT2D eigenvalue weighted by Gasteiger charge is -2.44. The first-order valence-electron chi connectivity index (χ1n) is 7.32. The van der Waals surface area contributed by atoms with Crippen LogP contribution in [0.5, 0.6) is 0 Å². The van der Waals surface area contributed by atoms with Crippen molar-refractivity contribution in [1.82, 2.24) is 5.32 Å². The molecule has 0 bridgehead atoms. The molecule has 106 valence electrons. The largest absolute Gasteiger partial charge is 0.379 e. The molecule has 1 aromatic carbocycles. The molecule has 1 aliphatic rings. The van der Waals surface area contributed by atoms with Crippen LogP contribution in [0, 0.1) is 27.7 Å². The van der Waals surface area contributed by atoms with E-state index in [-0.39, 0.29) is 5.41 Å². The van der Waals surface area contributed by atoms with Crippen molar-refractivity contribution < 1.29 is 4.74 Å². The second-order valence-electron chi connectivity index (χ2n) is 6.12. The molecule has 0 unspecified atom stereocenters. The molecule has 1 fully saturated rings. The van der Waals surface area contributed by atoms with Gasteiger partial charge in [-0.05, 0) is 81.9 Å². The summed E-state index contributed by atoms with van der Waals surface area (Å²) in [6.07, 6.45) is 2.43. The zero-order valence-electron chi connectivity index (χ0n) is 13.0. The maximum Gasteiger partial charge on any atom is 0.0585 e. The van der Waals surface area contributed by atoms with Gasteiger partial charge in [0, 0.05) is 5.41 Å². The second kappa shape index (κ2) is 5.64. The fourth-order valence-corrected chi connectivity index (χ4v) is 3.38. The summed E-state index contributed by atoms with van der Waals surface area (Å²) in [5.74, 6) is 0. The Morgan fingerprint density at radius 3 is 2.11 bits per heavy atom. The molecule has 0 radical (unpaired) electrons. The third-order valence-electron chi connectivity index (χ3n) is 4.74. The third-order valence-corrected chi connectivity index (χ3v) is 4.74. The van der Waals surface area contributed by atoms with Crippen molar-refractivity contribution >= 4 is 0 Å². The summed E-state index contributed by atoms with van der Waals surface area (Å²) in [5.41, 5.74) is 7.59. The molecule has 1 aromatic rings. The molecule has 2 rings (SSSR count). The van der Waals surface area contributed by atoms with Gasteiger partial charge in [0.15, 0.2) is 0 Å². The lowest BCUT2D eigenvalue weighted by Crippen LogP contribution is -2.48. The first kappa shape index (κ1) is 14.5. The van der Waals surface area contributed by atoms with E-state index in [4.69, 9.17) is 4.74 Å². The maximum atomic E-state index is 5.59. The van der Waals surface area contributed by atoms with Crippen molar-refractivity contribution in [2.45, 2.75) is 46.0 Å². The van der Waals surface area contributed by atoms with Crippen LogP contribution in [0.2, 0.25) is 0 Å². The van der Waals surface area contributed by atoms with Crippen LogP contribution in [0.3, 0.4) is 0 Å². The summed E-state index contributed by atoms with van der Waals surface area (Å²) in [5, 5.41) is 3.25. The average Bonchev–Trinajstić information content (AvgIpc) is 2.33. The molecule has 1 heterocycles. The zero-order chi connectivity index (χ0) is 14.0. The van der Waals surface area contributed by atoms with E-state index in [2.05, 4.69) is 39.1 Å². The Kier molecular flexibility index (Phi) is 4.32. The average molecular weight is 261 g/mol. The molecule has 0 aliphatic carbocycles. The normalized spacial score (nSPS) is 17.3. The molecule has 0 saturated carbocycles. The van der Waals surface area contributed by atoms with Gasteiger partial charge < -0.3 is 10.1 Å². The highest BCUT2D eigenvalue weighted by Gasteiger charge is 2.42. The molecule has 1 N–H and O–H groups in total. The summed E-state index contributed by atoms with van der Waals surface area (Å²) in [6.45, 7) is 11.9. The Bertz CT molecular complexity index is 435. The number of rotatable bonds is 5. The van der Waals surface area contributed by atoms with Gasteiger partial charge in [-0.25, -0.2) is 0 Å². The lowest BCUT2D eigenvalue weighted by atomic mass is 9.70. The molecule has 2 heteroatoms. The fraction of sp³-hybridized carbons (Fsp3) is 0.647. The van der Waals surface area contributed by atoms with Crippen LogP contribution in [0.15, 0.2) is 6.07 Å². The molecular formula is C17H27NO. The molecule has 1 saturated heterocycles. The highest BCUT2D eigenvalue weighted by molar-refractivity contribution is 5.49. The number of hydrogen-bond acceptors (Lipinski definition) is 2. The summed E-state index contributed by atoms with van der Waals surface area (Å²) >= 11 is 0. The number of aryl methyl sites for hydroxylation is 2. The minimum Gasteiger partial charge on any atom is -0.379 e. The predicted octanol–water partition coefficient (Wildman–Crippen LogP) is 3.19.